The van der Waals surface area contributed by atoms with Gasteiger partial charge in [0, 0.05) is 31.5 Å². The van der Waals surface area contributed by atoms with Gasteiger partial charge in [0.15, 0.2) is 0 Å². The molecule has 15 heavy (non-hydrogen) atoms. The van der Waals surface area contributed by atoms with Crippen LogP contribution in [0, 0.1) is 0 Å². The highest BCUT2D eigenvalue weighted by atomic mass is 16.2. The number of hydrogen-bond donors (Lipinski definition) is 2. The number of aromatic nitrogens is 2. The molecule has 1 aromatic heterocycles. The lowest BCUT2D eigenvalue weighted by atomic mass is 10.4. The van der Waals surface area contributed by atoms with E-state index >= 15 is 0 Å². The summed E-state index contributed by atoms with van der Waals surface area (Å²) in [6.45, 7) is 5.88. The predicted molar refractivity (Wildman–Crippen MR) is 58.4 cm³/mol. The Bertz CT molecular complexity index is 282. The monoisotopic (exact) mass is 210 g/mol. The average Bonchev–Trinajstić information content (AvgIpc) is 2.64. The van der Waals surface area contributed by atoms with Crippen molar-refractivity contribution >= 4 is 5.91 Å². The third-order valence-corrected chi connectivity index (χ3v) is 1.86. The van der Waals surface area contributed by atoms with E-state index in [-0.39, 0.29) is 12.5 Å². The molecule has 2 N–H and O–H groups in total. The minimum Gasteiger partial charge on any atom is -0.353 e. The van der Waals surface area contributed by atoms with Crippen LogP contribution >= 0.6 is 0 Å². The topological polar surface area (TPSA) is 58.9 Å². The largest absolute Gasteiger partial charge is 0.353 e. The molecule has 0 fully saturated rings. The molecule has 0 aliphatic rings. The van der Waals surface area contributed by atoms with Gasteiger partial charge in [-0.05, 0) is 6.07 Å². The zero-order valence-electron chi connectivity index (χ0n) is 9.23. The van der Waals surface area contributed by atoms with E-state index in [1.165, 1.54) is 0 Å². The summed E-state index contributed by atoms with van der Waals surface area (Å²) in [5.74, 6) is -0.00995. The van der Waals surface area contributed by atoms with Crippen molar-refractivity contribution < 1.29 is 4.79 Å². The van der Waals surface area contributed by atoms with Gasteiger partial charge in [0.2, 0.25) is 5.91 Å². The number of amides is 1. The molecule has 0 spiro atoms. The third kappa shape index (κ3) is 5.17. The van der Waals surface area contributed by atoms with Crippen molar-refractivity contribution in [3.63, 3.8) is 0 Å². The molecule has 84 valence electrons. The highest BCUT2D eigenvalue weighted by Crippen LogP contribution is 1.83. The van der Waals surface area contributed by atoms with Crippen LogP contribution in [0.1, 0.15) is 13.8 Å². The van der Waals surface area contributed by atoms with Gasteiger partial charge in [-0.25, -0.2) is 0 Å². The molecule has 1 amide bonds. The summed E-state index contributed by atoms with van der Waals surface area (Å²) in [5.41, 5.74) is 0. The van der Waals surface area contributed by atoms with Crippen LogP contribution in [0.5, 0.6) is 0 Å². The molecular weight excluding hydrogens is 192 g/mol. The molecule has 0 bridgehead atoms. The lowest BCUT2D eigenvalue weighted by Crippen LogP contribution is -2.36. The maximum atomic E-state index is 11.4. The normalized spacial score (nSPS) is 10.6. The molecule has 1 rings (SSSR count). The van der Waals surface area contributed by atoms with Crippen molar-refractivity contribution in [1.29, 1.82) is 0 Å². The molecule has 0 radical (unpaired) electrons. The first-order valence-electron chi connectivity index (χ1n) is 5.16. The molecule has 0 unspecified atom stereocenters. The Morgan fingerprint density at radius 1 is 1.47 bits per heavy atom. The number of nitrogens with one attached hydrogen (secondary N) is 2. The molecule has 5 heteroatoms. The van der Waals surface area contributed by atoms with Crippen LogP contribution in [0.25, 0.3) is 0 Å². The Kier molecular flexibility index (Phi) is 4.83. The number of carbonyl (C=O) groups excluding carboxylic acids is 1. The molecule has 0 aromatic carbocycles. The smallest absolute Gasteiger partial charge is 0.241 e. The van der Waals surface area contributed by atoms with E-state index in [4.69, 9.17) is 0 Å². The molecule has 0 aliphatic heterocycles. The van der Waals surface area contributed by atoms with Crippen molar-refractivity contribution in [1.82, 2.24) is 20.4 Å². The first-order valence-corrected chi connectivity index (χ1v) is 5.16. The van der Waals surface area contributed by atoms with E-state index in [1.807, 2.05) is 0 Å². The maximum absolute atomic E-state index is 11.4. The summed E-state index contributed by atoms with van der Waals surface area (Å²) in [6, 6.07) is 2.25. The number of carbonyl (C=O) groups is 1. The highest BCUT2D eigenvalue weighted by molar-refractivity contribution is 5.75. The Labute approximate surface area is 89.9 Å². The van der Waals surface area contributed by atoms with Crippen LogP contribution in [0.4, 0.5) is 0 Å². The second kappa shape index (κ2) is 6.19. The van der Waals surface area contributed by atoms with E-state index in [0.29, 0.717) is 12.6 Å². The van der Waals surface area contributed by atoms with Crippen LogP contribution in [-0.2, 0) is 11.3 Å². The molecule has 0 saturated heterocycles. The third-order valence-electron chi connectivity index (χ3n) is 1.86. The minimum atomic E-state index is -0.00995. The fourth-order valence-electron chi connectivity index (χ4n) is 1.16. The van der Waals surface area contributed by atoms with Crippen molar-refractivity contribution in [2.24, 2.45) is 0 Å². The quantitative estimate of drug-likeness (QED) is 0.650. The Balaban J connectivity index is 2.09. The molecule has 5 nitrogen and oxygen atoms in total. The van der Waals surface area contributed by atoms with Gasteiger partial charge in [-0.2, -0.15) is 5.10 Å². The van der Waals surface area contributed by atoms with E-state index in [0.717, 1.165) is 6.54 Å². The Hall–Kier alpha value is -1.36. The summed E-state index contributed by atoms with van der Waals surface area (Å²) < 4.78 is 1.60. The lowest BCUT2D eigenvalue weighted by Gasteiger charge is -2.09. The lowest BCUT2D eigenvalue weighted by molar-refractivity contribution is -0.121. The van der Waals surface area contributed by atoms with Crippen molar-refractivity contribution in [2.75, 3.05) is 13.1 Å². The summed E-state index contributed by atoms with van der Waals surface area (Å²) in [7, 11) is 0. The molecule has 0 aliphatic carbocycles. The second-order valence-electron chi connectivity index (χ2n) is 3.66. The number of rotatable bonds is 6. The summed E-state index contributed by atoms with van der Waals surface area (Å²) in [6.07, 6.45) is 3.43. The predicted octanol–water partition coefficient (Wildman–Crippen LogP) is -0.00270. The van der Waals surface area contributed by atoms with Gasteiger partial charge in [0.1, 0.15) is 6.54 Å². The molecule has 1 heterocycles. The van der Waals surface area contributed by atoms with Crippen molar-refractivity contribution in [3.05, 3.63) is 18.5 Å². The van der Waals surface area contributed by atoms with E-state index in [2.05, 4.69) is 29.6 Å². The minimum absolute atomic E-state index is 0.00995. The number of nitrogens with zero attached hydrogens (tertiary/aromatic N) is 2. The first kappa shape index (κ1) is 11.7. The zero-order valence-corrected chi connectivity index (χ0v) is 9.23. The van der Waals surface area contributed by atoms with Gasteiger partial charge >= 0.3 is 0 Å². The van der Waals surface area contributed by atoms with Gasteiger partial charge in [-0.15, -0.1) is 0 Å². The van der Waals surface area contributed by atoms with Gasteiger partial charge < -0.3 is 10.6 Å². The van der Waals surface area contributed by atoms with E-state index < -0.39 is 0 Å². The SMILES string of the molecule is CC(C)NCCNC(=O)Cn1cccn1. The molecular formula is C10H18N4O. The van der Waals surface area contributed by atoms with Gasteiger partial charge in [0.25, 0.3) is 0 Å². The van der Waals surface area contributed by atoms with E-state index in [1.54, 1.807) is 23.1 Å². The second-order valence-corrected chi connectivity index (χ2v) is 3.66. The highest BCUT2D eigenvalue weighted by Gasteiger charge is 2.01. The number of hydrogen-bond acceptors (Lipinski definition) is 3. The summed E-state index contributed by atoms with van der Waals surface area (Å²) in [5, 5.41) is 9.99. The molecule has 1 aromatic rings. The Morgan fingerprint density at radius 2 is 2.27 bits per heavy atom. The van der Waals surface area contributed by atoms with Crippen LogP contribution < -0.4 is 10.6 Å². The van der Waals surface area contributed by atoms with Gasteiger partial charge in [-0.3, -0.25) is 9.48 Å². The standard InChI is InChI=1S/C10H18N4O/c1-9(2)11-5-6-12-10(15)8-14-7-3-4-13-14/h3-4,7,9,11H,5-6,8H2,1-2H3,(H,12,15). The van der Waals surface area contributed by atoms with E-state index in [9.17, 15) is 4.79 Å². The van der Waals surface area contributed by atoms with Crippen LogP contribution in [0.2, 0.25) is 0 Å². The van der Waals surface area contributed by atoms with Crippen molar-refractivity contribution in [3.8, 4) is 0 Å². The average molecular weight is 210 g/mol. The fourth-order valence-corrected chi connectivity index (χ4v) is 1.16. The van der Waals surface area contributed by atoms with Crippen molar-refractivity contribution in [2.45, 2.75) is 26.4 Å². The first-order chi connectivity index (χ1) is 7.18. The fraction of sp³-hybridized carbons (Fsp3) is 0.600. The van der Waals surface area contributed by atoms with Crippen LogP contribution in [-0.4, -0.2) is 34.8 Å². The van der Waals surface area contributed by atoms with Gasteiger partial charge in [-0.1, -0.05) is 13.8 Å². The summed E-state index contributed by atoms with van der Waals surface area (Å²) in [4.78, 5) is 11.4. The summed E-state index contributed by atoms with van der Waals surface area (Å²) >= 11 is 0. The van der Waals surface area contributed by atoms with Crippen LogP contribution in [0.3, 0.4) is 0 Å². The molecule has 0 saturated carbocycles. The Morgan fingerprint density at radius 3 is 2.87 bits per heavy atom. The molecule has 0 atom stereocenters. The van der Waals surface area contributed by atoms with Crippen LogP contribution in [0.15, 0.2) is 18.5 Å². The zero-order chi connectivity index (χ0) is 11.1. The van der Waals surface area contributed by atoms with Gasteiger partial charge in [0.05, 0.1) is 0 Å². The maximum Gasteiger partial charge on any atom is 0.241 e.